The van der Waals surface area contributed by atoms with Gasteiger partial charge in [0.25, 0.3) is 0 Å². The molecule has 0 radical (unpaired) electrons. The second kappa shape index (κ2) is 5.13. The first kappa shape index (κ1) is 13.7. The first-order chi connectivity index (χ1) is 8.93. The molecule has 0 saturated carbocycles. The summed E-state index contributed by atoms with van der Waals surface area (Å²) in [6.07, 6.45) is 0. The van der Waals surface area contributed by atoms with E-state index in [1.165, 1.54) is 0 Å². The van der Waals surface area contributed by atoms with Gasteiger partial charge in [-0.1, -0.05) is 11.6 Å². The zero-order valence-electron chi connectivity index (χ0n) is 11.6. The summed E-state index contributed by atoms with van der Waals surface area (Å²) in [7, 11) is 0. The minimum Gasteiger partial charge on any atom is -0.437 e. The van der Waals surface area contributed by atoms with Gasteiger partial charge < -0.3 is 10.5 Å². The summed E-state index contributed by atoms with van der Waals surface area (Å²) >= 11 is 6.02. The summed E-state index contributed by atoms with van der Waals surface area (Å²) in [5.74, 6) is 1.37. The molecular weight excluding hydrogens is 262 g/mol. The number of aromatic nitrogens is 2. The summed E-state index contributed by atoms with van der Waals surface area (Å²) in [6.45, 7) is 8.50. The molecule has 2 aromatic rings. The number of rotatable bonds is 3. The van der Waals surface area contributed by atoms with Crippen molar-refractivity contribution in [2.45, 2.75) is 34.2 Å². The summed E-state index contributed by atoms with van der Waals surface area (Å²) in [5.41, 5.74) is 9.34. The minimum absolute atomic E-state index is 0.579. The number of nitrogens with two attached hydrogens (primary N) is 1. The van der Waals surface area contributed by atoms with Crippen LogP contribution in [0.2, 0.25) is 5.02 Å². The number of anilines is 1. The molecule has 4 nitrogen and oxygen atoms in total. The predicted molar refractivity (Wildman–Crippen MR) is 78.1 cm³/mol. The molecule has 5 heteroatoms. The second-order valence-corrected chi connectivity index (χ2v) is 5.03. The fourth-order valence-corrected chi connectivity index (χ4v) is 2.38. The van der Waals surface area contributed by atoms with E-state index in [2.05, 4.69) is 5.10 Å². The van der Waals surface area contributed by atoms with Crippen molar-refractivity contribution >= 4 is 17.3 Å². The Hall–Kier alpha value is -1.68. The molecule has 0 aliphatic rings. The number of halogens is 1. The number of ether oxygens (including phenoxy) is 1. The summed E-state index contributed by atoms with van der Waals surface area (Å²) < 4.78 is 7.75. The van der Waals surface area contributed by atoms with Crippen LogP contribution in [-0.4, -0.2) is 9.78 Å². The second-order valence-electron chi connectivity index (χ2n) is 4.59. The molecule has 102 valence electrons. The lowest BCUT2D eigenvalue weighted by molar-refractivity contribution is 0.413. The van der Waals surface area contributed by atoms with Crippen molar-refractivity contribution in [3.63, 3.8) is 0 Å². The molecule has 0 atom stereocenters. The molecule has 19 heavy (non-hydrogen) atoms. The Bertz CT molecular complexity index is 596. The van der Waals surface area contributed by atoms with Crippen LogP contribution < -0.4 is 10.5 Å². The van der Waals surface area contributed by atoms with Crippen LogP contribution in [-0.2, 0) is 6.54 Å². The third-order valence-corrected chi connectivity index (χ3v) is 3.27. The number of aryl methyl sites for hydroxylation is 4. The summed E-state index contributed by atoms with van der Waals surface area (Å²) in [4.78, 5) is 0. The Morgan fingerprint density at radius 1 is 1.26 bits per heavy atom. The lowest BCUT2D eigenvalue weighted by atomic mass is 10.1. The number of hydrogen-bond acceptors (Lipinski definition) is 3. The lowest BCUT2D eigenvalue weighted by Gasteiger charge is -2.13. The fourth-order valence-electron chi connectivity index (χ4n) is 2.05. The van der Waals surface area contributed by atoms with Crippen LogP contribution in [0.3, 0.4) is 0 Å². The maximum Gasteiger partial charge on any atom is 0.241 e. The van der Waals surface area contributed by atoms with Gasteiger partial charge in [-0.2, -0.15) is 5.10 Å². The van der Waals surface area contributed by atoms with E-state index in [0.717, 1.165) is 22.6 Å². The first-order valence-electron chi connectivity index (χ1n) is 6.21. The normalized spacial score (nSPS) is 10.8. The molecule has 0 amide bonds. The third-order valence-electron chi connectivity index (χ3n) is 3.05. The van der Waals surface area contributed by atoms with Crippen molar-refractivity contribution in [1.29, 1.82) is 0 Å². The highest BCUT2D eigenvalue weighted by Gasteiger charge is 2.16. The molecule has 0 bridgehead atoms. The number of nitrogens with zero attached hydrogens (tertiary/aromatic N) is 2. The predicted octanol–water partition coefficient (Wildman–Crippen LogP) is 3.86. The Kier molecular flexibility index (Phi) is 3.71. The van der Waals surface area contributed by atoms with Crippen molar-refractivity contribution in [2.75, 3.05) is 5.73 Å². The van der Waals surface area contributed by atoms with Gasteiger partial charge in [0.2, 0.25) is 5.88 Å². The van der Waals surface area contributed by atoms with Gasteiger partial charge >= 0.3 is 0 Å². The molecule has 1 aromatic carbocycles. The molecule has 1 heterocycles. The van der Waals surface area contributed by atoms with Crippen LogP contribution in [0.25, 0.3) is 0 Å². The van der Waals surface area contributed by atoms with Gasteiger partial charge in [0.1, 0.15) is 11.4 Å². The fraction of sp³-hybridized carbons (Fsp3) is 0.357. The molecule has 1 aromatic heterocycles. The average Bonchev–Trinajstić information content (AvgIpc) is 2.60. The molecule has 2 rings (SSSR count). The Morgan fingerprint density at radius 3 is 2.37 bits per heavy atom. The Morgan fingerprint density at radius 2 is 1.84 bits per heavy atom. The van der Waals surface area contributed by atoms with E-state index in [-0.39, 0.29) is 0 Å². The van der Waals surface area contributed by atoms with Crippen LogP contribution >= 0.6 is 11.6 Å². The highest BCUT2D eigenvalue weighted by atomic mass is 35.5. The number of benzene rings is 1. The lowest BCUT2D eigenvalue weighted by Crippen LogP contribution is -2.02. The smallest absolute Gasteiger partial charge is 0.241 e. The number of hydrogen-bond donors (Lipinski definition) is 1. The molecule has 0 spiro atoms. The van der Waals surface area contributed by atoms with Crippen molar-refractivity contribution in [3.05, 3.63) is 34.0 Å². The zero-order chi connectivity index (χ0) is 14.2. The van der Waals surface area contributed by atoms with Crippen LogP contribution in [0, 0.1) is 20.8 Å². The molecule has 0 aliphatic carbocycles. The molecular formula is C14H18ClN3O. The van der Waals surface area contributed by atoms with Crippen molar-refractivity contribution in [1.82, 2.24) is 9.78 Å². The van der Waals surface area contributed by atoms with E-state index < -0.39 is 0 Å². The molecule has 2 N–H and O–H groups in total. The van der Waals surface area contributed by atoms with Crippen molar-refractivity contribution < 1.29 is 4.74 Å². The molecule has 0 unspecified atom stereocenters. The monoisotopic (exact) mass is 279 g/mol. The van der Waals surface area contributed by atoms with Crippen molar-refractivity contribution in [3.8, 4) is 11.6 Å². The SMILES string of the molecule is CCn1nc(C)c(N)c1Oc1c(C)cc(Cl)cc1C. The van der Waals surface area contributed by atoms with Crippen LogP contribution in [0.15, 0.2) is 12.1 Å². The zero-order valence-corrected chi connectivity index (χ0v) is 12.4. The van der Waals surface area contributed by atoms with E-state index in [4.69, 9.17) is 22.1 Å². The third kappa shape index (κ3) is 2.54. The van der Waals surface area contributed by atoms with E-state index in [9.17, 15) is 0 Å². The van der Waals surface area contributed by atoms with Gasteiger partial charge in [-0.3, -0.25) is 0 Å². The van der Waals surface area contributed by atoms with Crippen molar-refractivity contribution in [2.24, 2.45) is 0 Å². The standard InChI is InChI=1S/C14H18ClN3O/c1-5-18-14(12(16)10(4)17-18)19-13-8(2)6-11(15)7-9(13)3/h6-7H,5,16H2,1-4H3. The van der Waals surface area contributed by atoms with Gasteiger partial charge in [0, 0.05) is 11.6 Å². The molecule has 0 saturated heterocycles. The van der Waals surface area contributed by atoms with Gasteiger partial charge in [0.05, 0.1) is 5.69 Å². The summed E-state index contributed by atoms with van der Waals surface area (Å²) in [5, 5.41) is 5.05. The Balaban J connectivity index is 2.47. The maximum absolute atomic E-state index is 6.02. The minimum atomic E-state index is 0.579. The maximum atomic E-state index is 6.02. The topological polar surface area (TPSA) is 53.1 Å². The van der Waals surface area contributed by atoms with E-state index in [1.807, 2.05) is 39.8 Å². The quantitative estimate of drug-likeness (QED) is 0.928. The highest BCUT2D eigenvalue weighted by molar-refractivity contribution is 6.30. The molecule has 0 fully saturated rings. The highest BCUT2D eigenvalue weighted by Crippen LogP contribution is 2.35. The summed E-state index contributed by atoms with van der Waals surface area (Å²) in [6, 6.07) is 3.75. The van der Waals surface area contributed by atoms with Crippen LogP contribution in [0.4, 0.5) is 5.69 Å². The average molecular weight is 280 g/mol. The Labute approximate surface area is 118 Å². The van der Waals surface area contributed by atoms with Crippen LogP contribution in [0.1, 0.15) is 23.7 Å². The van der Waals surface area contributed by atoms with E-state index in [0.29, 0.717) is 23.1 Å². The van der Waals surface area contributed by atoms with Gasteiger partial charge in [-0.15, -0.1) is 0 Å². The molecule has 0 aliphatic heterocycles. The van der Waals surface area contributed by atoms with Gasteiger partial charge in [-0.05, 0) is 51.0 Å². The van der Waals surface area contributed by atoms with Gasteiger partial charge in [0.15, 0.2) is 0 Å². The van der Waals surface area contributed by atoms with Gasteiger partial charge in [-0.25, -0.2) is 4.68 Å². The number of nitrogen functional groups attached to an aromatic ring is 1. The first-order valence-corrected chi connectivity index (χ1v) is 6.59. The van der Waals surface area contributed by atoms with E-state index in [1.54, 1.807) is 4.68 Å². The van der Waals surface area contributed by atoms with E-state index >= 15 is 0 Å². The largest absolute Gasteiger partial charge is 0.437 e. The van der Waals surface area contributed by atoms with Crippen LogP contribution in [0.5, 0.6) is 11.6 Å².